The lowest BCUT2D eigenvalue weighted by atomic mass is 10.0. The Morgan fingerprint density at radius 3 is 2.84 bits per heavy atom. The van der Waals surface area contributed by atoms with Crippen molar-refractivity contribution in [3.63, 3.8) is 0 Å². The molecule has 1 aromatic carbocycles. The van der Waals surface area contributed by atoms with Crippen molar-refractivity contribution in [1.82, 2.24) is 4.98 Å². The van der Waals surface area contributed by atoms with Gasteiger partial charge in [0.2, 0.25) is 0 Å². The first-order valence-corrected chi connectivity index (χ1v) is 9.03. The van der Waals surface area contributed by atoms with Gasteiger partial charge >= 0.3 is 0 Å². The molecule has 1 saturated carbocycles. The van der Waals surface area contributed by atoms with Crippen LogP contribution in [0.5, 0.6) is 5.75 Å². The van der Waals surface area contributed by atoms with Crippen LogP contribution in [-0.4, -0.2) is 22.0 Å². The van der Waals surface area contributed by atoms with Gasteiger partial charge in [-0.2, -0.15) is 0 Å². The van der Waals surface area contributed by atoms with Crippen LogP contribution in [0.1, 0.15) is 37.8 Å². The number of nitrogens with one attached hydrogen (secondary N) is 2. The van der Waals surface area contributed by atoms with Gasteiger partial charge in [-0.1, -0.05) is 0 Å². The van der Waals surface area contributed by atoms with E-state index in [1.165, 1.54) is 24.9 Å². The van der Waals surface area contributed by atoms with E-state index in [9.17, 15) is 0 Å². The highest BCUT2D eigenvalue weighted by atomic mass is 32.2. The minimum Gasteiger partial charge on any atom is -0.491 e. The third kappa shape index (κ3) is 4.87. The molecule has 6 nitrogen and oxygen atoms in total. The molecule has 0 radical (unpaired) electrons. The van der Waals surface area contributed by atoms with Crippen molar-refractivity contribution in [2.45, 2.75) is 38.0 Å². The number of nitrogen functional groups attached to an aromatic ring is 1. The zero-order valence-corrected chi connectivity index (χ0v) is 15.1. The normalized spacial score (nSPS) is 13.7. The number of anilines is 2. The highest BCUT2D eigenvalue weighted by Gasteiger charge is 2.23. The maximum atomic E-state index is 8.51. The molecule has 132 valence electrons. The molecule has 1 heterocycles. The number of nitrogens with two attached hydrogens (primary N) is 1. The van der Waals surface area contributed by atoms with Crippen molar-refractivity contribution in [3.05, 3.63) is 47.7 Å². The fraction of sp³-hybridized carbons (Fsp3) is 0.333. The Bertz CT molecular complexity index is 762. The summed E-state index contributed by atoms with van der Waals surface area (Å²) in [5, 5.41) is 9.09. The minimum atomic E-state index is 0.0588. The Morgan fingerprint density at radius 2 is 2.12 bits per heavy atom. The van der Waals surface area contributed by atoms with Crippen molar-refractivity contribution < 1.29 is 9.02 Å². The monoisotopic (exact) mass is 358 g/mol. The van der Waals surface area contributed by atoms with E-state index < -0.39 is 0 Å². The largest absolute Gasteiger partial charge is 0.491 e. The molecule has 1 aromatic heterocycles. The van der Waals surface area contributed by atoms with Crippen molar-refractivity contribution >= 4 is 29.3 Å². The lowest BCUT2D eigenvalue weighted by Crippen LogP contribution is -2.10. The third-order valence-electron chi connectivity index (χ3n) is 3.57. The van der Waals surface area contributed by atoms with Crippen LogP contribution >= 0.6 is 12.0 Å². The zero-order chi connectivity index (χ0) is 17.8. The van der Waals surface area contributed by atoms with Crippen LogP contribution in [-0.2, 0) is 4.28 Å². The summed E-state index contributed by atoms with van der Waals surface area (Å²) in [5.74, 6) is 1.25. The first kappa shape index (κ1) is 17.6. The summed E-state index contributed by atoms with van der Waals surface area (Å²) in [4.78, 5) is 4.21. The Labute approximate surface area is 151 Å². The third-order valence-corrected chi connectivity index (χ3v) is 4.49. The number of aromatic nitrogens is 1. The summed E-state index contributed by atoms with van der Waals surface area (Å²) in [6.07, 6.45) is 4.09. The van der Waals surface area contributed by atoms with Crippen molar-refractivity contribution in [2.75, 3.05) is 11.2 Å². The Balaban J connectivity index is 1.75. The number of benzene rings is 1. The van der Waals surface area contributed by atoms with Gasteiger partial charge in [0.15, 0.2) is 5.82 Å². The Morgan fingerprint density at radius 1 is 1.32 bits per heavy atom. The number of pyridine rings is 1. The van der Waals surface area contributed by atoms with Crippen LogP contribution in [0, 0.1) is 5.41 Å². The molecule has 0 aliphatic heterocycles. The van der Waals surface area contributed by atoms with Crippen LogP contribution < -0.4 is 16.0 Å². The number of hydrogen-bond acceptors (Lipinski definition) is 7. The lowest BCUT2D eigenvalue weighted by Gasteiger charge is -2.14. The molecular weight excluding hydrogens is 336 g/mol. The quantitative estimate of drug-likeness (QED) is 0.286. The second-order valence-corrected chi connectivity index (χ2v) is 7.23. The molecule has 0 unspecified atom stereocenters. The highest BCUT2D eigenvalue weighted by molar-refractivity contribution is 7.95. The predicted molar refractivity (Wildman–Crippen MR) is 102 cm³/mol. The van der Waals surface area contributed by atoms with E-state index in [1.54, 1.807) is 30.5 Å². The van der Waals surface area contributed by atoms with Crippen molar-refractivity contribution in [1.29, 1.82) is 5.41 Å². The molecule has 7 heteroatoms. The van der Waals surface area contributed by atoms with Gasteiger partial charge < -0.3 is 10.5 Å². The molecule has 0 amide bonds. The summed E-state index contributed by atoms with van der Waals surface area (Å²) >= 11 is 1.42. The number of ether oxygens (including phenoxy) is 1. The maximum absolute atomic E-state index is 8.51. The van der Waals surface area contributed by atoms with Crippen LogP contribution in [0.3, 0.4) is 0 Å². The highest BCUT2D eigenvalue weighted by Crippen LogP contribution is 2.34. The molecule has 0 bridgehead atoms. The van der Waals surface area contributed by atoms with Gasteiger partial charge in [-0.3, -0.25) is 5.41 Å². The molecule has 4 N–H and O–H groups in total. The second-order valence-electron chi connectivity index (χ2n) is 6.20. The number of nitrogens with zero attached hydrogens (tertiary/aromatic N) is 1. The van der Waals surface area contributed by atoms with Crippen LogP contribution in [0.25, 0.3) is 0 Å². The van der Waals surface area contributed by atoms with E-state index in [1.807, 2.05) is 19.9 Å². The molecule has 1 fully saturated rings. The standard InChI is InChI=1S/C18H22N4O2S/c1-11(2)23-13-3-6-16(19)15(10-13)18(20)12-7-8-21-17(9-12)22-24-25-14-4-5-14/h3,6-11,14,20H,4-5,19H2,1-2H3,(H,21,22). The smallest absolute Gasteiger partial charge is 0.151 e. The van der Waals surface area contributed by atoms with Crippen LogP contribution in [0.2, 0.25) is 0 Å². The first-order chi connectivity index (χ1) is 12.0. The summed E-state index contributed by atoms with van der Waals surface area (Å²) in [7, 11) is 0. The molecule has 0 spiro atoms. The van der Waals surface area contributed by atoms with Gasteiger partial charge in [0.1, 0.15) is 5.75 Å². The maximum Gasteiger partial charge on any atom is 0.151 e. The summed E-state index contributed by atoms with van der Waals surface area (Å²) < 4.78 is 11.1. The molecule has 2 aromatic rings. The molecule has 3 rings (SSSR count). The van der Waals surface area contributed by atoms with Gasteiger partial charge in [-0.05, 0) is 57.0 Å². The zero-order valence-electron chi connectivity index (χ0n) is 14.3. The number of rotatable bonds is 8. The van der Waals surface area contributed by atoms with E-state index >= 15 is 0 Å². The Kier molecular flexibility index (Phi) is 5.45. The molecule has 0 saturated heterocycles. The number of hydrogen-bond donors (Lipinski definition) is 3. The summed E-state index contributed by atoms with van der Waals surface area (Å²) in [5.41, 5.74) is 11.1. The van der Waals surface area contributed by atoms with Crippen LogP contribution in [0.15, 0.2) is 36.5 Å². The molecule has 1 aliphatic rings. The van der Waals surface area contributed by atoms with Crippen molar-refractivity contribution in [3.8, 4) is 5.75 Å². The Hall–Kier alpha value is -2.25. The second kappa shape index (κ2) is 7.76. The van der Waals surface area contributed by atoms with E-state index in [2.05, 4.69) is 10.5 Å². The van der Waals surface area contributed by atoms with Crippen molar-refractivity contribution in [2.24, 2.45) is 0 Å². The average molecular weight is 358 g/mol. The van der Waals surface area contributed by atoms with E-state index in [4.69, 9.17) is 20.2 Å². The molecule has 1 aliphatic carbocycles. The van der Waals surface area contributed by atoms with E-state index in [0.29, 0.717) is 39.3 Å². The van der Waals surface area contributed by atoms with Crippen LogP contribution in [0.4, 0.5) is 11.5 Å². The molecule has 25 heavy (non-hydrogen) atoms. The van der Waals surface area contributed by atoms with E-state index in [-0.39, 0.29) is 6.10 Å². The average Bonchev–Trinajstić information content (AvgIpc) is 3.40. The van der Waals surface area contributed by atoms with Gasteiger partial charge in [-0.25, -0.2) is 14.7 Å². The first-order valence-electron chi connectivity index (χ1n) is 8.23. The SMILES string of the molecule is CC(C)Oc1ccc(N)c(C(=N)c2ccnc(NOSC3CC3)c2)c1. The van der Waals surface area contributed by atoms with Gasteiger partial charge in [0.05, 0.1) is 11.8 Å². The van der Waals surface area contributed by atoms with E-state index in [0.717, 1.165) is 0 Å². The fourth-order valence-electron chi connectivity index (χ4n) is 2.19. The fourth-order valence-corrected chi connectivity index (χ4v) is 2.79. The predicted octanol–water partition coefficient (Wildman–Crippen LogP) is 4.02. The molecular formula is C18H22N4O2S. The lowest BCUT2D eigenvalue weighted by molar-refractivity contribution is 0.242. The van der Waals surface area contributed by atoms with Gasteiger partial charge in [0.25, 0.3) is 0 Å². The summed E-state index contributed by atoms with van der Waals surface area (Å²) in [6.45, 7) is 3.92. The summed E-state index contributed by atoms with van der Waals surface area (Å²) in [6, 6.07) is 8.92. The topological polar surface area (TPSA) is 93.3 Å². The van der Waals surface area contributed by atoms with Gasteiger partial charge in [0, 0.05) is 40.3 Å². The van der Waals surface area contributed by atoms with Gasteiger partial charge in [-0.15, -0.1) is 0 Å². The minimum absolute atomic E-state index is 0.0588. The molecule has 0 atom stereocenters.